The summed E-state index contributed by atoms with van der Waals surface area (Å²) in [5.74, 6) is -0.689. The third-order valence-corrected chi connectivity index (χ3v) is 4.49. The van der Waals surface area contributed by atoms with Crippen LogP contribution in [0.25, 0.3) is 11.3 Å². The predicted octanol–water partition coefficient (Wildman–Crippen LogP) is 1.71. The van der Waals surface area contributed by atoms with Crippen molar-refractivity contribution < 1.29 is 13.9 Å². The molecule has 0 aliphatic carbocycles. The number of alkyl carbamates (subject to hydrolysis) is 1. The van der Waals surface area contributed by atoms with E-state index in [1.807, 2.05) is 22.5 Å². The molecule has 152 valence electrons. The van der Waals surface area contributed by atoms with Crippen LogP contribution < -0.4 is 16.0 Å². The van der Waals surface area contributed by atoms with Crippen LogP contribution in [0, 0.1) is 11.2 Å². The Labute approximate surface area is 170 Å². The van der Waals surface area contributed by atoms with Gasteiger partial charge in [-0.05, 0) is 23.3 Å². The molecular weight excluding hydrogens is 391 g/mol. The van der Waals surface area contributed by atoms with E-state index in [1.54, 1.807) is 6.20 Å². The quantitative estimate of drug-likeness (QED) is 0.437. The fourth-order valence-corrected chi connectivity index (χ4v) is 3.05. The molecule has 3 aromatic heterocycles. The molecule has 0 bridgehead atoms. The van der Waals surface area contributed by atoms with E-state index in [0.29, 0.717) is 24.6 Å². The molecule has 0 fully saturated rings. The lowest BCUT2D eigenvalue weighted by Gasteiger charge is -2.15. The largest absolute Gasteiger partial charge is 0.444 e. The zero-order chi connectivity index (χ0) is 21.1. The maximum Gasteiger partial charge on any atom is 0.414 e. The summed E-state index contributed by atoms with van der Waals surface area (Å²) in [4.78, 5) is 30.3. The van der Waals surface area contributed by atoms with E-state index in [4.69, 9.17) is 15.9 Å². The normalized spacial score (nSPS) is 12.4. The van der Waals surface area contributed by atoms with Crippen molar-refractivity contribution in [3.8, 4) is 11.3 Å². The number of halogens is 1. The Hall–Kier alpha value is -4.15. The number of hydrogen-bond donors (Lipinski definition) is 3. The van der Waals surface area contributed by atoms with Crippen LogP contribution in [0.4, 0.5) is 15.1 Å². The third kappa shape index (κ3) is 3.99. The standard InChI is InChI=1S/C19H17FN8O2/c20-15-12(10-30-19(29)27-17(21)22)2-4-24-16(15)13-6-25-18(26-7-13)28-8-11-1-3-23-5-14(11)9-28/h1-7H,8-10H2,(H4,21,22,27,29). The number of anilines is 1. The number of carbonyl (C=O) groups is 1. The van der Waals surface area contributed by atoms with Gasteiger partial charge in [-0.2, -0.15) is 0 Å². The Balaban J connectivity index is 1.48. The predicted molar refractivity (Wildman–Crippen MR) is 105 cm³/mol. The molecule has 0 radical (unpaired) electrons. The summed E-state index contributed by atoms with van der Waals surface area (Å²) in [5, 5.41) is 8.93. The average molecular weight is 408 g/mol. The smallest absolute Gasteiger partial charge is 0.414 e. The first kappa shape index (κ1) is 19.2. The molecule has 0 atom stereocenters. The highest BCUT2D eigenvalue weighted by atomic mass is 19.1. The van der Waals surface area contributed by atoms with Crippen LogP contribution in [-0.2, 0) is 24.4 Å². The second-order valence-corrected chi connectivity index (χ2v) is 6.52. The number of hydrogen-bond acceptors (Lipinski definition) is 8. The molecule has 0 unspecified atom stereocenters. The van der Waals surface area contributed by atoms with Gasteiger partial charge in [-0.3, -0.25) is 20.7 Å². The van der Waals surface area contributed by atoms with Crippen molar-refractivity contribution in [2.75, 3.05) is 4.90 Å². The summed E-state index contributed by atoms with van der Waals surface area (Å²) in [6.45, 7) is 0.989. The topological polar surface area (TPSA) is 143 Å². The van der Waals surface area contributed by atoms with Crippen molar-refractivity contribution in [3.63, 3.8) is 0 Å². The molecule has 4 N–H and O–H groups in total. The van der Waals surface area contributed by atoms with Gasteiger partial charge in [0.05, 0.1) is 0 Å². The summed E-state index contributed by atoms with van der Waals surface area (Å²) >= 11 is 0. The molecular formula is C19H17FN8O2. The fraction of sp³-hybridized carbons (Fsp3) is 0.158. The van der Waals surface area contributed by atoms with E-state index in [2.05, 4.69) is 19.9 Å². The van der Waals surface area contributed by atoms with Crippen molar-refractivity contribution in [1.29, 1.82) is 5.41 Å². The van der Waals surface area contributed by atoms with Crippen molar-refractivity contribution >= 4 is 18.0 Å². The van der Waals surface area contributed by atoms with Crippen LogP contribution in [0.3, 0.4) is 0 Å². The van der Waals surface area contributed by atoms with Crippen molar-refractivity contribution in [2.45, 2.75) is 19.7 Å². The number of ether oxygens (including phenoxy) is 1. The number of nitrogens with zero attached hydrogens (tertiary/aromatic N) is 5. The van der Waals surface area contributed by atoms with Gasteiger partial charge >= 0.3 is 6.09 Å². The summed E-state index contributed by atoms with van der Waals surface area (Å²) in [6, 6.07) is 3.36. The Kier molecular flexibility index (Phi) is 5.16. The molecule has 4 heterocycles. The number of aromatic nitrogens is 4. The van der Waals surface area contributed by atoms with Crippen LogP contribution in [0.15, 0.2) is 43.1 Å². The second-order valence-electron chi connectivity index (χ2n) is 6.52. The van der Waals surface area contributed by atoms with E-state index in [1.165, 1.54) is 30.2 Å². The minimum Gasteiger partial charge on any atom is -0.444 e. The molecule has 30 heavy (non-hydrogen) atoms. The summed E-state index contributed by atoms with van der Waals surface area (Å²) < 4.78 is 19.7. The molecule has 10 nitrogen and oxygen atoms in total. The van der Waals surface area contributed by atoms with Crippen LogP contribution in [0.5, 0.6) is 0 Å². The minimum absolute atomic E-state index is 0.0449. The van der Waals surface area contributed by atoms with E-state index in [0.717, 1.165) is 5.56 Å². The first-order valence-corrected chi connectivity index (χ1v) is 8.91. The SMILES string of the molecule is N=C(N)NC(=O)OCc1ccnc(-c2cnc(N3Cc4ccncc4C3)nc2)c1F. The van der Waals surface area contributed by atoms with E-state index < -0.39 is 17.9 Å². The number of fused-ring (bicyclic) bond motifs is 1. The number of pyridine rings is 2. The monoisotopic (exact) mass is 408 g/mol. The van der Waals surface area contributed by atoms with E-state index >= 15 is 0 Å². The molecule has 3 aromatic rings. The minimum atomic E-state index is -0.949. The highest BCUT2D eigenvalue weighted by Gasteiger charge is 2.21. The van der Waals surface area contributed by atoms with Gasteiger partial charge in [-0.1, -0.05) is 0 Å². The number of nitrogens with two attached hydrogens (primary N) is 1. The van der Waals surface area contributed by atoms with Gasteiger partial charge in [-0.15, -0.1) is 0 Å². The Morgan fingerprint density at radius 2 is 1.93 bits per heavy atom. The van der Waals surface area contributed by atoms with Gasteiger partial charge in [0, 0.05) is 55.2 Å². The molecule has 0 saturated carbocycles. The zero-order valence-electron chi connectivity index (χ0n) is 15.7. The van der Waals surface area contributed by atoms with Gasteiger partial charge in [-0.25, -0.2) is 19.2 Å². The maximum atomic E-state index is 14.8. The lowest BCUT2D eigenvalue weighted by atomic mass is 10.1. The Morgan fingerprint density at radius 1 is 1.17 bits per heavy atom. The molecule has 11 heteroatoms. The first-order chi connectivity index (χ1) is 14.5. The molecule has 1 amide bonds. The maximum absolute atomic E-state index is 14.8. The van der Waals surface area contributed by atoms with Crippen molar-refractivity contribution in [1.82, 2.24) is 25.3 Å². The second kappa shape index (κ2) is 8.07. The lowest BCUT2D eigenvalue weighted by molar-refractivity contribution is 0.143. The molecule has 0 aromatic carbocycles. The Bertz CT molecular complexity index is 1080. The lowest BCUT2D eigenvalue weighted by Crippen LogP contribution is -2.36. The van der Waals surface area contributed by atoms with E-state index in [-0.39, 0.29) is 17.9 Å². The fourth-order valence-electron chi connectivity index (χ4n) is 3.05. The summed E-state index contributed by atoms with van der Waals surface area (Å²) in [6.07, 6.45) is 7.03. The molecule has 0 saturated heterocycles. The summed E-state index contributed by atoms with van der Waals surface area (Å²) in [5.41, 5.74) is 7.89. The van der Waals surface area contributed by atoms with Crippen molar-refractivity contribution in [3.05, 3.63) is 65.6 Å². The average Bonchev–Trinajstić information content (AvgIpc) is 3.17. The third-order valence-electron chi connectivity index (χ3n) is 4.49. The van der Waals surface area contributed by atoms with Crippen LogP contribution in [-0.4, -0.2) is 32.0 Å². The van der Waals surface area contributed by atoms with E-state index in [9.17, 15) is 9.18 Å². The molecule has 4 rings (SSSR count). The number of carbonyl (C=O) groups excluding carboxylic acids is 1. The molecule has 1 aliphatic rings. The molecule has 0 spiro atoms. The van der Waals surface area contributed by atoms with Gasteiger partial charge in [0.2, 0.25) is 5.95 Å². The molecule has 1 aliphatic heterocycles. The van der Waals surface area contributed by atoms with Gasteiger partial charge in [0.15, 0.2) is 11.8 Å². The zero-order valence-corrected chi connectivity index (χ0v) is 15.7. The number of rotatable bonds is 4. The van der Waals surface area contributed by atoms with Crippen LogP contribution in [0.1, 0.15) is 16.7 Å². The number of guanidine groups is 1. The number of amides is 1. The van der Waals surface area contributed by atoms with Gasteiger partial charge < -0.3 is 15.4 Å². The van der Waals surface area contributed by atoms with Gasteiger partial charge in [0.1, 0.15) is 12.3 Å². The summed E-state index contributed by atoms with van der Waals surface area (Å²) in [7, 11) is 0. The highest BCUT2D eigenvalue weighted by molar-refractivity contribution is 5.90. The highest BCUT2D eigenvalue weighted by Crippen LogP contribution is 2.27. The first-order valence-electron chi connectivity index (χ1n) is 8.91. The van der Waals surface area contributed by atoms with Crippen LogP contribution in [0.2, 0.25) is 0 Å². The van der Waals surface area contributed by atoms with Crippen molar-refractivity contribution in [2.24, 2.45) is 5.73 Å². The van der Waals surface area contributed by atoms with Gasteiger partial charge in [0.25, 0.3) is 0 Å². The van der Waals surface area contributed by atoms with Crippen LogP contribution >= 0.6 is 0 Å². The number of nitrogens with one attached hydrogen (secondary N) is 2. The Morgan fingerprint density at radius 3 is 2.67 bits per heavy atom.